The highest BCUT2D eigenvalue weighted by molar-refractivity contribution is 5.37. The van der Waals surface area contributed by atoms with Gasteiger partial charge in [-0.3, -0.25) is 0 Å². The summed E-state index contributed by atoms with van der Waals surface area (Å²) >= 11 is 0. The summed E-state index contributed by atoms with van der Waals surface area (Å²) in [5, 5.41) is 3.61. The van der Waals surface area contributed by atoms with Gasteiger partial charge in [0, 0.05) is 44.0 Å². The first-order valence-electron chi connectivity index (χ1n) is 8.64. The summed E-state index contributed by atoms with van der Waals surface area (Å²) in [5.41, 5.74) is 1.12. The smallest absolute Gasteiger partial charge is 0.130 e. The number of likely N-dealkylation sites (tertiary alicyclic amines) is 1. The van der Waals surface area contributed by atoms with Crippen LogP contribution >= 0.6 is 0 Å². The topological polar surface area (TPSA) is 50.3 Å². The molecule has 0 unspecified atom stereocenters. The summed E-state index contributed by atoms with van der Waals surface area (Å²) in [4.78, 5) is 11.6. The molecular formula is C17H28N4O. The van der Waals surface area contributed by atoms with Crippen LogP contribution in [-0.4, -0.2) is 53.8 Å². The molecule has 3 rings (SSSR count). The van der Waals surface area contributed by atoms with Crippen LogP contribution in [0.2, 0.25) is 0 Å². The number of hydrogen-bond acceptors (Lipinski definition) is 5. The van der Waals surface area contributed by atoms with Crippen molar-refractivity contribution in [3.8, 4) is 0 Å². The molecule has 0 radical (unpaired) electrons. The summed E-state index contributed by atoms with van der Waals surface area (Å²) < 4.78 is 5.48. The van der Waals surface area contributed by atoms with E-state index in [1.54, 1.807) is 0 Å². The summed E-state index contributed by atoms with van der Waals surface area (Å²) in [6.07, 6.45) is 4.58. The minimum absolute atomic E-state index is 0.537. The van der Waals surface area contributed by atoms with Gasteiger partial charge >= 0.3 is 0 Å². The van der Waals surface area contributed by atoms with Crippen molar-refractivity contribution in [2.75, 3.05) is 38.2 Å². The van der Waals surface area contributed by atoms with E-state index in [4.69, 9.17) is 4.74 Å². The van der Waals surface area contributed by atoms with Gasteiger partial charge in [0.2, 0.25) is 0 Å². The molecule has 1 aromatic heterocycles. The second-order valence-electron chi connectivity index (χ2n) is 6.59. The third-order valence-electron chi connectivity index (χ3n) is 4.73. The Hall–Kier alpha value is -1.20. The average Bonchev–Trinajstić information content (AvgIpc) is 3.01. The van der Waals surface area contributed by atoms with Crippen LogP contribution in [0.15, 0.2) is 6.07 Å². The zero-order valence-corrected chi connectivity index (χ0v) is 13.8. The Morgan fingerprint density at radius 1 is 1.27 bits per heavy atom. The first-order chi connectivity index (χ1) is 10.7. The molecule has 2 saturated heterocycles. The average molecular weight is 304 g/mol. The monoisotopic (exact) mass is 304 g/mol. The Bertz CT molecular complexity index is 480. The predicted octanol–water partition coefficient (Wildman–Crippen LogP) is 2.26. The molecule has 1 atom stereocenters. The van der Waals surface area contributed by atoms with Gasteiger partial charge in [-0.15, -0.1) is 0 Å². The van der Waals surface area contributed by atoms with Crippen LogP contribution in [0, 0.1) is 12.8 Å². The lowest BCUT2D eigenvalue weighted by atomic mass is 10.0. The van der Waals surface area contributed by atoms with Crippen LogP contribution in [0.25, 0.3) is 0 Å². The van der Waals surface area contributed by atoms with Gasteiger partial charge in [-0.1, -0.05) is 6.92 Å². The van der Waals surface area contributed by atoms with Gasteiger partial charge in [0.15, 0.2) is 0 Å². The molecular weight excluding hydrogens is 276 g/mol. The normalized spacial score (nSPS) is 23.8. The van der Waals surface area contributed by atoms with Crippen LogP contribution < -0.4 is 5.32 Å². The van der Waals surface area contributed by atoms with Gasteiger partial charge in [0.05, 0.1) is 6.61 Å². The Balaban J connectivity index is 1.48. The lowest BCUT2D eigenvalue weighted by Gasteiger charge is -2.33. The molecule has 1 aromatic rings. The van der Waals surface area contributed by atoms with E-state index in [1.807, 2.05) is 6.92 Å². The summed E-state index contributed by atoms with van der Waals surface area (Å²) in [6, 6.07) is 2.63. The molecule has 5 nitrogen and oxygen atoms in total. The maximum atomic E-state index is 5.48. The molecule has 1 N–H and O–H groups in total. The standard InChI is InChI=1S/C17H28N4O/c1-3-15-10-17(19-13(2)18-15)20-16-4-7-21(8-5-16)11-14-6-9-22-12-14/h10,14,16H,3-9,11-12H2,1-2H3,(H,18,19,20)/t14-/m1/s1. The number of aryl methyl sites for hydroxylation is 2. The van der Waals surface area contributed by atoms with Crippen molar-refractivity contribution in [3.05, 3.63) is 17.6 Å². The number of anilines is 1. The number of rotatable bonds is 5. The van der Waals surface area contributed by atoms with Crippen LogP contribution in [0.5, 0.6) is 0 Å². The SMILES string of the molecule is CCc1cc(NC2CCN(C[C@H]3CCOC3)CC2)nc(C)n1. The molecule has 0 amide bonds. The summed E-state index contributed by atoms with van der Waals surface area (Å²) in [6.45, 7) is 9.58. The Labute approximate surface area is 133 Å². The first kappa shape index (κ1) is 15.7. The number of nitrogens with one attached hydrogen (secondary N) is 1. The number of ether oxygens (including phenoxy) is 1. The van der Waals surface area contributed by atoms with E-state index in [2.05, 4.69) is 33.2 Å². The van der Waals surface area contributed by atoms with Crippen molar-refractivity contribution >= 4 is 5.82 Å². The Morgan fingerprint density at radius 3 is 2.77 bits per heavy atom. The lowest BCUT2D eigenvalue weighted by Crippen LogP contribution is -2.41. The van der Waals surface area contributed by atoms with Gasteiger partial charge < -0.3 is 15.0 Å². The van der Waals surface area contributed by atoms with E-state index in [1.165, 1.54) is 38.9 Å². The van der Waals surface area contributed by atoms with Crippen molar-refractivity contribution in [2.45, 2.75) is 45.6 Å². The molecule has 3 heterocycles. The van der Waals surface area contributed by atoms with E-state index >= 15 is 0 Å². The summed E-state index contributed by atoms with van der Waals surface area (Å²) in [5.74, 6) is 2.61. The van der Waals surface area contributed by atoms with E-state index in [0.717, 1.165) is 42.9 Å². The maximum absolute atomic E-state index is 5.48. The maximum Gasteiger partial charge on any atom is 0.130 e. The number of hydrogen-bond donors (Lipinski definition) is 1. The fraction of sp³-hybridized carbons (Fsp3) is 0.765. The zero-order valence-electron chi connectivity index (χ0n) is 13.8. The van der Waals surface area contributed by atoms with Crippen molar-refractivity contribution in [2.24, 2.45) is 5.92 Å². The highest BCUT2D eigenvalue weighted by Crippen LogP contribution is 2.20. The van der Waals surface area contributed by atoms with Gasteiger partial charge in [-0.05, 0) is 38.5 Å². The van der Waals surface area contributed by atoms with Crippen LogP contribution in [0.3, 0.4) is 0 Å². The number of piperidine rings is 1. The van der Waals surface area contributed by atoms with Crippen molar-refractivity contribution in [3.63, 3.8) is 0 Å². The van der Waals surface area contributed by atoms with E-state index < -0.39 is 0 Å². The number of nitrogens with zero attached hydrogens (tertiary/aromatic N) is 3. The molecule has 0 saturated carbocycles. The zero-order chi connectivity index (χ0) is 15.4. The van der Waals surface area contributed by atoms with Crippen molar-refractivity contribution < 1.29 is 4.74 Å². The minimum atomic E-state index is 0.537. The van der Waals surface area contributed by atoms with Crippen molar-refractivity contribution in [1.82, 2.24) is 14.9 Å². The van der Waals surface area contributed by atoms with E-state index in [0.29, 0.717) is 6.04 Å². The molecule has 0 bridgehead atoms. The first-order valence-corrected chi connectivity index (χ1v) is 8.64. The highest BCUT2D eigenvalue weighted by Gasteiger charge is 2.24. The van der Waals surface area contributed by atoms with Crippen LogP contribution in [0.4, 0.5) is 5.82 Å². The molecule has 122 valence electrons. The quantitative estimate of drug-likeness (QED) is 0.904. The molecule has 2 fully saturated rings. The molecule has 5 heteroatoms. The van der Waals surface area contributed by atoms with E-state index in [9.17, 15) is 0 Å². The van der Waals surface area contributed by atoms with Crippen LogP contribution in [0.1, 0.15) is 37.7 Å². The van der Waals surface area contributed by atoms with Crippen molar-refractivity contribution in [1.29, 1.82) is 0 Å². The predicted molar refractivity (Wildman–Crippen MR) is 88.2 cm³/mol. The van der Waals surface area contributed by atoms with Gasteiger partial charge in [-0.25, -0.2) is 9.97 Å². The molecule has 0 spiro atoms. The number of aromatic nitrogens is 2. The molecule has 2 aliphatic heterocycles. The Morgan fingerprint density at radius 2 is 2.09 bits per heavy atom. The second kappa shape index (κ2) is 7.38. The van der Waals surface area contributed by atoms with Gasteiger partial charge in [0.25, 0.3) is 0 Å². The lowest BCUT2D eigenvalue weighted by molar-refractivity contribution is 0.154. The van der Waals surface area contributed by atoms with Crippen LogP contribution in [-0.2, 0) is 11.2 Å². The highest BCUT2D eigenvalue weighted by atomic mass is 16.5. The van der Waals surface area contributed by atoms with Gasteiger partial charge in [0.1, 0.15) is 11.6 Å². The van der Waals surface area contributed by atoms with Gasteiger partial charge in [-0.2, -0.15) is 0 Å². The third-order valence-corrected chi connectivity index (χ3v) is 4.73. The Kier molecular flexibility index (Phi) is 5.26. The molecule has 2 aliphatic rings. The van der Waals surface area contributed by atoms with E-state index in [-0.39, 0.29) is 0 Å². The fourth-order valence-corrected chi connectivity index (χ4v) is 3.45. The third kappa shape index (κ3) is 4.17. The molecule has 22 heavy (non-hydrogen) atoms. The molecule has 0 aromatic carbocycles. The largest absolute Gasteiger partial charge is 0.381 e. The second-order valence-corrected chi connectivity index (χ2v) is 6.59. The minimum Gasteiger partial charge on any atom is -0.381 e. The summed E-state index contributed by atoms with van der Waals surface area (Å²) in [7, 11) is 0. The molecule has 0 aliphatic carbocycles. The fourth-order valence-electron chi connectivity index (χ4n) is 3.45.